The topological polar surface area (TPSA) is 54.7 Å². The van der Waals surface area contributed by atoms with Crippen LogP contribution in [0.5, 0.6) is 0 Å². The van der Waals surface area contributed by atoms with Crippen LogP contribution in [0.4, 0.5) is 4.39 Å². The Labute approximate surface area is 144 Å². The van der Waals surface area contributed by atoms with Crippen molar-refractivity contribution in [2.75, 3.05) is 0 Å². The number of benzene rings is 2. The lowest BCUT2D eigenvalue weighted by Crippen LogP contribution is -1.95. The molecule has 25 heavy (non-hydrogen) atoms. The molecule has 2 heterocycles. The molecule has 0 amide bonds. The number of nitrogens with one attached hydrogen (secondary N) is 1. The van der Waals surface area contributed by atoms with Crippen LogP contribution in [0, 0.1) is 5.82 Å². The molecule has 4 heteroatoms. The van der Waals surface area contributed by atoms with Gasteiger partial charge in [-0.1, -0.05) is 24.3 Å². The lowest BCUT2D eigenvalue weighted by molar-refractivity contribution is 0.628. The Balaban J connectivity index is 1.79. The fourth-order valence-corrected chi connectivity index (χ4v) is 2.90. The van der Waals surface area contributed by atoms with E-state index in [-0.39, 0.29) is 5.82 Å². The smallest absolute Gasteiger partial charge is 0.123 e. The van der Waals surface area contributed by atoms with E-state index >= 15 is 0 Å². The highest BCUT2D eigenvalue weighted by Gasteiger charge is 2.08. The maximum Gasteiger partial charge on any atom is 0.123 e. The molecule has 3 N–H and O–H groups in total. The van der Waals surface area contributed by atoms with Crippen molar-refractivity contribution in [2.45, 2.75) is 0 Å². The van der Waals surface area contributed by atoms with E-state index in [1.165, 1.54) is 12.1 Å². The lowest BCUT2D eigenvalue weighted by atomic mass is 10.0. The third kappa shape index (κ3) is 3.02. The molecule has 0 atom stereocenters. The summed E-state index contributed by atoms with van der Waals surface area (Å²) in [5.74, 6) is -0.240. The van der Waals surface area contributed by atoms with Gasteiger partial charge < -0.3 is 10.7 Å². The summed E-state index contributed by atoms with van der Waals surface area (Å²) in [6, 6.07) is 16.4. The highest BCUT2D eigenvalue weighted by atomic mass is 19.1. The molecule has 0 unspecified atom stereocenters. The molecule has 0 aliphatic heterocycles. The standard InChI is InChI=1S/C21H16FN3/c22-17-6-3-15(4-7-17)16-5-8-21-18(11-16)19(13-25-21)20(23)10-14-2-1-9-24-12-14/h1-13,25H,23H2/b20-10-. The third-order valence-corrected chi connectivity index (χ3v) is 4.18. The molecule has 2 aromatic heterocycles. The Morgan fingerprint density at radius 3 is 2.60 bits per heavy atom. The summed E-state index contributed by atoms with van der Waals surface area (Å²) in [5.41, 5.74) is 11.8. The number of aromatic amines is 1. The first-order valence-electron chi connectivity index (χ1n) is 7.95. The summed E-state index contributed by atoms with van der Waals surface area (Å²) < 4.78 is 13.1. The molecular formula is C21H16FN3. The van der Waals surface area contributed by atoms with E-state index in [2.05, 4.69) is 16.0 Å². The molecule has 0 spiro atoms. The molecule has 122 valence electrons. The monoisotopic (exact) mass is 329 g/mol. The number of H-pyrrole nitrogens is 1. The fourth-order valence-electron chi connectivity index (χ4n) is 2.90. The average Bonchev–Trinajstić information content (AvgIpc) is 3.06. The second kappa shape index (κ2) is 6.24. The van der Waals surface area contributed by atoms with Crippen LogP contribution in [-0.4, -0.2) is 9.97 Å². The number of aromatic nitrogens is 2. The van der Waals surface area contributed by atoms with Gasteiger partial charge in [0.15, 0.2) is 0 Å². The molecule has 0 bridgehead atoms. The number of hydrogen-bond donors (Lipinski definition) is 2. The van der Waals surface area contributed by atoms with Gasteiger partial charge in [-0.2, -0.15) is 0 Å². The zero-order valence-electron chi connectivity index (χ0n) is 13.4. The second-order valence-corrected chi connectivity index (χ2v) is 5.86. The Kier molecular flexibility index (Phi) is 3.78. The summed E-state index contributed by atoms with van der Waals surface area (Å²) in [4.78, 5) is 7.35. The van der Waals surface area contributed by atoms with Gasteiger partial charge in [0.05, 0.1) is 0 Å². The summed E-state index contributed by atoms with van der Waals surface area (Å²) in [6.07, 6.45) is 7.31. The van der Waals surface area contributed by atoms with Gasteiger partial charge in [-0.15, -0.1) is 0 Å². The van der Waals surface area contributed by atoms with Gasteiger partial charge in [-0.05, 0) is 53.1 Å². The Hall–Kier alpha value is -3.40. The largest absolute Gasteiger partial charge is 0.398 e. The molecule has 4 rings (SSSR count). The molecule has 0 aliphatic rings. The lowest BCUT2D eigenvalue weighted by Gasteiger charge is -2.04. The SMILES string of the molecule is N/C(=C\c1cccnc1)c1c[nH]c2ccc(-c3ccc(F)cc3)cc12. The maximum absolute atomic E-state index is 13.1. The number of nitrogens with two attached hydrogens (primary N) is 1. The zero-order chi connectivity index (χ0) is 17.2. The van der Waals surface area contributed by atoms with E-state index in [4.69, 9.17) is 5.73 Å². The molecule has 4 aromatic rings. The second-order valence-electron chi connectivity index (χ2n) is 5.86. The molecule has 0 fully saturated rings. The summed E-state index contributed by atoms with van der Waals surface area (Å²) >= 11 is 0. The Morgan fingerprint density at radius 1 is 1.04 bits per heavy atom. The van der Waals surface area contributed by atoms with Crippen LogP contribution in [0.1, 0.15) is 11.1 Å². The predicted molar refractivity (Wildman–Crippen MR) is 100.0 cm³/mol. The van der Waals surface area contributed by atoms with Gasteiger partial charge in [0.1, 0.15) is 5.82 Å². The molecule has 0 saturated heterocycles. The minimum atomic E-state index is -0.240. The van der Waals surface area contributed by atoms with Crippen molar-refractivity contribution >= 4 is 22.7 Å². The van der Waals surface area contributed by atoms with Gasteiger partial charge in [0.25, 0.3) is 0 Å². The number of rotatable bonds is 3. The first kappa shape index (κ1) is 15.1. The van der Waals surface area contributed by atoms with Crippen LogP contribution in [0.3, 0.4) is 0 Å². The number of halogens is 1. The van der Waals surface area contributed by atoms with Crippen LogP contribution < -0.4 is 5.73 Å². The van der Waals surface area contributed by atoms with Gasteiger partial charge in [-0.25, -0.2) is 4.39 Å². The zero-order valence-corrected chi connectivity index (χ0v) is 13.4. The Morgan fingerprint density at radius 2 is 1.84 bits per heavy atom. The van der Waals surface area contributed by atoms with Crippen molar-refractivity contribution in [3.63, 3.8) is 0 Å². The molecule has 0 saturated carbocycles. The van der Waals surface area contributed by atoms with E-state index in [1.807, 2.05) is 36.5 Å². The van der Waals surface area contributed by atoms with Crippen molar-refractivity contribution in [1.82, 2.24) is 9.97 Å². The molecule has 0 aliphatic carbocycles. The molecular weight excluding hydrogens is 313 g/mol. The van der Waals surface area contributed by atoms with Gasteiger partial charge in [-0.3, -0.25) is 4.98 Å². The van der Waals surface area contributed by atoms with Crippen molar-refractivity contribution in [3.8, 4) is 11.1 Å². The molecule has 2 aromatic carbocycles. The first-order chi connectivity index (χ1) is 12.2. The van der Waals surface area contributed by atoms with Gasteiger partial charge in [0.2, 0.25) is 0 Å². The maximum atomic E-state index is 13.1. The van der Waals surface area contributed by atoms with Crippen LogP contribution >= 0.6 is 0 Å². The van der Waals surface area contributed by atoms with Crippen LogP contribution in [-0.2, 0) is 0 Å². The summed E-state index contributed by atoms with van der Waals surface area (Å²) in [7, 11) is 0. The fraction of sp³-hybridized carbons (Fsp3) is 0. The highest BCUT2D eigenvalue weighted by molar-refractivity contribution is 5.97. The van der Waals surface area contributed by atoms with Crippen LogP contribution in [0.2, 0.25) is 0 Å². The number of pyridine rings is 1. The molecule has 3 nitrogen and oxygen atoms in total. The summed E-state index contributed by atoms with van der Waals surface area (Å²) in [6.45, 7) is 0. The van der Waals surface area contributed by atoms with Crippen molar-refractivity contribution in [2.24, 2.45) is 5.73 Å². The quantitative estimate of drug-likeness (QED) is 0.566. The van der Waals surface area contributed by atoms with E-state index < -0.39 is 0 Å². The average molecular weight is 329 g/mol. The van der Waals surface area contributed by atoms with E-state index in [9.17, 15) is 4.39 Å². The molecule has 0 radical (unpaired) electrons. The van der Waals surface area contributed by atoms with Gasteiger partial charge >= 0.3 is 0 Å². The van der Waals surface area contributed by atoms with Crippen molar-refractivity contribution < 1.29 is 4.39 Å². The number of nitrogens with zero attached hydrogens (tertiary/aromatic N) is 1. The normalized spacial score (nSPS) is 11.8. The third-order valence-electron chi connectivity index (χ3n) is 4.18. The Bertz CT molecular complexity index is 1050. The minimum Gasteiger partial charge on any atom is -0.398 e. The highest BCUT2D eigenvalue weighted by Crippen LogP contribution is 2.29. The van der Waals surface area contributed by atoms with Crippen molar-refractivity contribution in [3.05, 3.63) is 90.1 Å². The minimum absolute atomic E-state index is 0.240. The van der Waals surface area contributed by atoms with E-state index in [0.717, 1.165) is 33.2 Å². The van der Waals surface area contributed by atoms with Gasteiger partial charge in [0, 0.05) is 40.8 Å². The first-order valence-corrected chi connectivity index (χ1v) is 7.95. The van der Waals surface area contributed by atoms with Crippen LogP contribution in [0.25, 0.3) is 33.8 Å². The van der Waals surface area contributed by atoms with E-state index in [1.54, 1.807) is 24.5 Å². The van der Waals surface area contributed by atoms with E-state index in [0.29, 0.717) is 5.70 Å². The number of fused-ring (bicyclic) bond motifs is 1. The number of hydrogen-bond acceptors (Lipinski definition) is 2. The predicted octanol–water partition coefficient (Wildman–Crippen LogP) is 4.83. The van der Waals surface area contributed by atoms with Crippen molar-refractivity contribution in [1.29, 1.82) is 0 Å². The summed E-state index contributed by atoms with van der Waals surface area (Å²) in [5, 5.41) is 1.03. The van der Waals surface area contributed by atoms with Crippen LogP contribution in [0.15, 0.2) is 73.2 Å².